The molecule has 1 aromatic rings. The Morgan fingerprint density at radius 1 is 1.44 bits per heavy atom. The van der Waals surface area contributed by atoms with Gasteiger partial charge in [0.05, 0.1) is 12.7 Å². The van der Waals surface area contributed by atoms with Gasteiger partial charge in [0.1, 0.15) is 0 Å². The standard InChI is InChI=1S/C13H19NO3S/c1-10(18(3)16)8-14-9-11-6-4-5-7-12(11)13(15)17-2/h4-7,10,14H,8-9H2,1-3H3. The van der Waals surface area contributed by atoms with E-state index in [0.29, 0.717) is 18.7 Å². The number of hydrogen-bond donors (Lipinski definition) is 1. The summed E-state index contributed by atoms with van der Waals surface area (Å²) >= 11 is 0. The van der Waals surface area contributed by atoms with Gasteiger partial charge in [0.25, 0.3) is 0 Å². The molecule has 4 nitrogen and oxygen atoms in total. The predicted molar refractivity (Wildman–Crippen MR) is 73.0 cm³/mol. The third-order valence-corrected chi connectivity index (χ3v) is 4.04. The van der Waals surface area contributed by atoms with Crippen molar-refractivity contribution < 1.29 is 13.7 Å². The van der Waals surface area contributed by atoms with E-state index in [2.05, 4.69) is 5.32 Å². The third-order valence-electron chi connectivity index (χ3n) is 2.74. The molecule has 0 amide bonds. The molecule has 5 heteroatoms. The lowest BCUT2D eigenvalue weighted by molar-refractivity contribution is 0.0599. The van der Waals surface area contributed by atoms with Crippen LogP contribution in [0.3, 0.4) is 0 Å². The first-order valence-corrected chi connectivity index (χ1v) is 7.37. The molecule has 0 heterocycles. The van der Waals surface area contributed by atoms with Crippen LogP contribution < -0.4 is 5.32 Å². The van der Waals surface area contributed by atoms with Crippen molar-refractivity contribution in [1.82, 2.24) is 5.32 Å². The molecule has 2 atom stereocenters. The van der Waals surface area contributed by atoms with Crippen LogP contribution in [0.1, 0.15) is 22.8 Å². The van der Waals surface area contributed by atoms with Crippen LogP contribution in [0.25, 0.3) is 0 Å². The zero-order valence-corrected chi connectivity index (χ0v) is 11.8. The second-order valence-electron chi connectivity index (χ2n) is 4.09. The fraction of sp³-hybridized carbons (Fsp3) is 0.462. The number of nitrogens with one attached hydrogen (secondary N) is 1. The molecule has 1 aromatic carbocycles. The van der Waals surface area contributed by atoms with Crippen LogP contribution in [0.5, 0.6) is 0 Å². The predicted octanol–water partition coefficient (Wildman–Crippen LogP) is 1.33. The molecule has 0 spiro atoms. The number of rotatable bonds is 6. The van der Waals surface area contributed by atoms with Gasteiger partial charge in [-0.1, -0.05) is 18.2 Å². The highest BCUT2D eigenvalue weighted by molar-refractivity contribution is 7.84. The van der Waals surface area contributed by atoms with Gasteiger partial charge in [0, 0.05) is 35.4 Å². The lowest BCUT2D eigenvalue weighted by Gasteiger charge is -2.11. The average molecular weight is 269 g/mol. The Balaban J connectivity index is 2.62. The number of carbonyl (C=O) groups excluding carboxylic acids is 1. The average Bonchev–Trinajstić information content (AvgIpc) is 2.38. The van der Waals surface area contributed by atoms with Gasteiger partial charge in [-0.15, -0.1) is 0 Å². The van der Waals surface area contributed by atoms with Gasteiger partial charge in [-0.2, -0.15) is 0 Å². The van der Waals surface area contributed by atoms with Crippen molar-refractivity contribution in [2.45, 2.75) is 18.7 Å². The molecule has 0 aromatic heterocycles. The topological polar surface area (TPSA) is 55.4 Å². The van der Waals surface area contributed by atoms with Gasteiger partial charge in [0.2, 0.25) is 0 Å². The van der Waals surface area contributed by atoms with Crippen LogP contribution in [0.4, 0.5) is 0 Å². The van der Waals surface area contributed by atoms with Crippen LogP contribution >= 0.6 is 0 Å². The Bertz CT molecular complexity index is 434. The Morgan fingerprint density at radius 3 is 2.72 bits per heavy atom. The molecule has 1 rings (SSSR count). The van der Waals surface area contributed by atoms with Gasteiger partial charge < -0.3 is 10.1 Å². The van der Waals surface area contributed by atoms with Gasteiger partial charge >= 0.3 is 5.97 Å². The minimum atomic E-state index is -0.838. The summed E-state index contributed by atoms with van der Waals surface area (Å²) in [5.74, 6) is -0.334. The molecule has 1 N–H and O–H groups in total. The Morgan fingerprint density at radius 2 is 2.11 bits per heavy atom. The molecule has 0 saturated heterocycles. The summed E-state index contributed by atoms with van der Waals surface area (Å²) in [4.78, 5) is 11.5. The van der Waals surface area contributed by atoms with Crippen LogP contribution in [-0.2, 0) is 22.1 Å². The van der Waals surface area contributed by atoms with Gasteiger partial charge in [-0.25, -0.2) is 4.79 Å². The molecule has 0 aliphatic heterocycles. The molecule has 0 bridgehead atoms. The number of carbonyl (C=O) groups is 1. The smallest absolute Gasteiger partial charge is 0.338 e. The second kappa shape index (κ2) is 7.28. The van der Waals surface area contributed by atoms with E-state index in [4.69, 9.17) is 4.74 Å². The fourth-order valence-electron chi connectivity index (χ4n) is 1.51. The first-order chi connectivity index (χ1) is 8.56. The van der Waals surface area contributed by atoms with E-state index in [1.807, 2.05) is 19.1 Å². The van der Waals surface area contributed by atoms with E-state index in [9.17, 15) is 9.00 Å². The highest BCUT2D eigenvalue weighted by Gasteiger charge is 2.11. The van der Waals surface area contributed by atoms with Crippen molar-refractivity contribution in [3.8, 4) is 0 Å². The summed E-state index contributed by atoms with van der Waals surface area (Å²) in [5.41, 5.74) is 1.45. The van der Waals surface area contributed by atoms with Crippen LogP contribution in [0.2, 0.25) is 0 Å². The minimum Gasteiger partial charge on any atom is -0.465 e. The Labute approximate surface area is 110 Å². The normalized spacial score (nSPS) is 13.9. The molecule has 100 valence electrons. The van der Waals surface area contributed by atoms with Crippen molar-refractivity contribution in [3.05, 3.63) is 35.4 Å². The Kier molecular flexibility index (Phi) is 6.01. The number of esters is 1. The first-order valence-electron chi connectivity index (χ1n) is 5.75. The second-order valence-corrected chi connectivity index (χ2v) is 5.89. The summed E-state index contributed by atoms with van der Waals surface area (Å²) in [5, 5.41) is 3.29. The van der Waals surface area contributed by atoms with Crippen molar-refractivity contribution >= 4 is 16.8 Å². The lowest BCUT2D eigenvalue weighted by Crippen LogP contribution is -2.27. The van der Waals surface area contributed by atoms with Gasteiger partial charge in [0.15, 0.2) is 0 Å². The zero-order chi connectivity index (χ0) is 13.5. The molecule has 0 radical (unpaired) electrons. The van der Waals surface area contributed by atoms with E-state index in [1.165, 1.54) is 7.11 Å². The van der Waals surface area contributed by atoms with Crippen LogP contribution in [0.15, 0.2) is 24.3 Å². The summed E-state index contributed by atoms with van der Waals surface area (Å²) < 4.78 is 15.9. The number of ether oxygens (including phenoxy) is 1. The van der Waals surface area contributed by atoms with Crippen LogP contribution in [0, 0.1) is 0 Å². The van der Waals surface area contributed by atoms with Crippen LogP contribution in [-0.4, -0.2) is 35.3 Å². The van der Waals surface area contributed by atoms with Crippen molar-refractivity contribution in [3.63, 3.8) is 0 Å². The van der Waals surface area contributed by atoms with Gasteiger partial charge in [-0.05, 0) is 18.6 Å². The molecular formula is C13H19NO3S. The molecule has 0 aliphatic rings. The molecular weight excluding hydrogens is 250 g/mol. The monoisotopic (exact) mass is 269 g/mol. The largest absolute Gasteiger partial charge is 0.465 e. The van der Waals surface area contributed by atoms with E-state index in [1.54, 1.807) is 18.4 Å². The molecule has 0 saturated carbocycles. The number of benzene rings is 1. The third kappa shape index (κ3) is 4.23. The van der Waals surface area contributed by atoms with Gasteiger partial charge in [-0.3, -0.25) is 4.21 Å². The summed E-state index contributed by atoms with van der Waals surface area (Å²) in [6.07, 6.45) is 1.69. The summed E-state index contributed by atoms with van der Waals surface area (Å²) in [7, 11) is 0.532. The number of hydrogen-bond acceptors (Lipinski definition) is 4. The lowest BCUT2D eigenvalue weighted by atomic mass is 10.1. The summed E-state index contributed by atoms with van der Waals surface area (Å²) in [6, 6.07) is 7.31. The van der Waals surface area contributed by atoms with E-state index >= 15 is 0 Å². The first kappa shape index (κ1) is 14.9. The quantitative estimate of drug-likeness (QED) is 0.792. The zero-order valence-electron chi connectivity index (χ0n) is 10.9. The maximum absolute atomic E-state index is 11.5. The van der Waals surface area contributed by atoms with E-state index in [0.717, 1.165) is 5.56 Å². The molecule has 0 aliphatic carbocycles. The molecule has 0 fully saturated rings. The Hall–Kier alpha value is -1.20. The maximum Gasteiger partial charge on any atom is 0.338 e. The van der Waals surface area contributed by atoms with Crippen molar-refractivity contribution in [2.75, 3.05) is 19.9 Å². The SMILES string of the molecule is COC(=O)c1ccccc1CNCC(C)S(C)=O. The maximum atomic E-state index is 11.5. The molecule has 2 unspecified atom stereocenters. The summed E-state index contributed by atoms with van der Waals surface area (Å²) in [6.45, 7) is 3.14. The van der Waals surface area contributed by atoms with E-state index in [-0.39, 0.29) is 11.2 Å². The number of methoxy groups -OCH3 is 1. The highest BCUT2D eigenvalue weighted by Crippen LogP contribution is 2.09. The van der Waals surface area contributed by atoms with E-state index < -0.39 is 10.8 Å². The highest BCUT2D eigenvalue weighted by atomic mass is 32.2. The van der Waals surface area contributed by atoms with Crippen molar-refractivity contribution in [1.29, 1.82) is 0 Å². The molecule has 18 heavy (non-hydrogen) atoms. The van der Waals surface area contributed by atoms with Crippen molar-refractivity contribution in [2.24, 2.45) is 0 Å². The fourth-order valence-corrected chi connectivity index (χ4v) is 1.86. The minimum absolute atomic E-state index is 0.0929.